The minimum atomic E-state index is -0.262. The van der Waals surface area contributed by atoms with Crippen molar-refractivity contribution in [1.82, 2.24) is 10.1 Å². The molecular weight excluding hydrogens is 359 g/mol. The maximum atomic E-state index is 13.5. The Morgan fingerprint density at radius 1 is 1.29 bits per heavy atom. The molecule has 4 rings (SSSR count). The molecule has 1 amide bonds. The van der Waals surface area contributed by atoms with Crippen LogP contribution in [0.3, 0.4) is 0 Å². The molecule has 144 valence electrons. The van der Waals surface area contributed by atoms with Crippen molar-refractivity contribution in [1.29, 1.82) is 0 Å². The molecule has 0 bridgehead atoms. The molecule has 1 aliphatic rings. The molecular formula is C21H21FN4O2. The van der Waals surface area contributed by atoms with E-state index >= 15 is 0 Å². The summed E-state index contributed by atoms with van der Waals surface area (Å²) in [5.74, 6) is 0.672. The van der Waals surface area contributed by atoms with E-state index in [1.807, 2.05) is 19.1 Å². The van der Waals surface area contributed by atoms with Gasteiger partial charge >= 0.3 is 0 Å². The fourth-order valence-corrected chi connectivity index (χ4v) is 3.44. The monoisotopic (exact) mass is 380 g/mol. The Labute approximate surface area is 162 Å². The van der Waals surface area contributed by atoms with Crippen molar-refractivity contribution in [3.8, 4) is 11.4 Å². The number of hydrogen-bond acceptors (Lipinski definition) is 5. The molecule has 1 N–H and O–H groups in total. The Morgan fingerprint density at radius 2 is 2.11 bits per heavy atom. The van der Waals surface area contributed by atoms with Gasteiger partial charge in [-0.05, 0) is 67.8 Å². The number of nitrogens with zero attached hydrogens (tertiary/aromatic N) is 3. The van der Waals surface area contributed by atoms with Crippen LogP contribution in [0.15, 0.2) is 40.9 Å². The first-order valence-corrected chi connectivity index (χ1v) is 9.20. The van der Waals surface area contributed by atoms with E-state index in [1.165, 1.54) is 6.07 Å². The van der Waals surface area contributed by atoms with Gasteiger partial charge in [-0.25, -0.2) is 4.39 Å². The first-order chi connectivity index (χ1) is 13.4. The molecule has 0 radical (unpaired) electrons. The zero-order chi connectivity index (χ0) is 19.8. The highest BCUT2D eigenvalue weighted by molar-refractivity contribution is 5.94. The van der Waals surface area contributed by atoms with E-state index in [9.17, 15) is 9.18 Å². The molecule has 0 spiro atoms. The summed E-state index contributed by atoms with van der Waals surface area (Å²) in [4.78, 5) is 17.9. The summed E-state index contributed by atoms with van der Waals surface area (Å²) in [7, 11) is 0. The Balaban J connectivity index is 1.50. The zero-order valence-corrected chi connectivity index (χ0v) is 16.0. The van der Waals surface area contributed by atoms with Gasteiger partial charge < -0.3 is 14.7 Å². The quantitative estimate of drug-likeness (QED) is 0.732. The minimum Gasteiger partial charge on any atom is -0.374 e. The van der Waals surface area contributed by atoms with Crippen molar-refractivity contribution >= 4 is 17.3 Å². The van der Waals surface area contributed by atoms with Gasteiger partial charge in [0.1, 0.15) is 11.9 Å². The van der Waals surface area contributed by atoms with Gasteiger partial charge in [0.05, 0.1) is 0 Å². The molecule has 28 heavy (non-hydrogen) atoms. The molecule has 0 unspecified atom stereocenters. The molecule has 0 saturated heterocycles. The van der Waals surface area contributed by atoms with Gasteiger partial charge in [0.25, 0.3) is 0 Å². The smallest absolute Gasteiger partial charge is 0.249 e. The van der Waals surface area contributed by atoms with Crippen molar-refractivity contribution in [3.05, 3.63) is 59.2 Å². The van der Waals surface area contributed by atoms with Crippen LogP contribution < -0.4 is 10.2 Å². The number of carbonyl (C=O) groups is 1. The van der Waals surface area contributed by atoms with Crippen molar-refractivity contribution in [2.75, 3.05) is 16.8 Å². The summed E-state index contributed by atoms with van der Waals surface area (Å²) < 4.78 is 18.9. The molecule has 7 heteroatoms. The number of amides is 1. The van der Waals surface area contributed by atoms with Crippen molar-refractivity contribution in [2.45, 2.75) is 33.2 Å². The normalized spacial score (nSPS) is 14.1. The lowest BCUT2D eigenvalue weighted by Crippen LogP contribution is -2.25. The maximum absolute atomic E-state index is 13.5. The zero-order valence-electron chi connectivity index (χ0n) is 16.0. The molecule has 2 aromatic carbocycles. The van der Waals surface area contributed by atoms with Crippen LogP contribution in [-0.4, -0.2) is 22.6 Å². The molecule has 6 nitrogen and oxygen atoms in total. The first-order valence-electron chi connectivity index (χ1n) is 9.20. The predicted molar refractivity (Wildman–Crippen MR) is 105 cm³/mol. The highest BCUT2D eigenvalue weighted by Gasteiger charge is 2.23. The van der Waals surface area contributed by atoms with E-state index in [1.54, 1.807) is 30.9 Å². The highest BCUT2D eigenvalue weighted by atomic mass is 19.1. The molecule has 0 fully saturated rings. The Bertz CT molecular complexity index is 1050. The van der Waals surface area contributed by atoms with Crippen LogP contribution in [0.25, 0.3) is 11.4 Å². The number of aromatic nitrogens is 2. The number of halogens is 1. The number of rotatable bonds is 4. The van der Waals surface area contributed by atoms with E-state index in [2.05, 4.69) is 21.5 Å². The molecule has 1 aromatic heterocycles. The lowest BCUT2D eigenvalue weighted by Gasteiger charge is -2.16. The minimum absolute atomic E-state index is 0.0576. The number of fused-ring (bicyclic) bond motifs is 1. The third-order valence-corrected chi connectivity index (χ3v) is 4.97. The van der Waals surface area contributed by atoms with Crippen LogP contribution in [0.1, 0.15) is 36.9 Å². The SMILES string of the molecule is CC(=O)N1CCc2cc(N[C@@H](C)c3nc(-c4ccc(F)c(C)c4)no3)ccc21. The first kappa shape index (κ1) is 18.2. The Hall–Kier alpha value is -3.22. The Morgan fingerprint density at radius 3 is 2.86 bits per heavy atom. The number of benzene rings is 2. The van der Waals surface area contributed by atoms with Crippen LogP contribution in [0, 0.1) is 12.7 Å². The van der Waals surface area contributed by atoms with E-state index < -0.39 is 0 Å². The van der Waals surface area contributed by atoms with Crippen LogP contribution in [0.5, 0.6) is 0 Å². The topological polar surface area (TPSA) is 71.3 Å². The van der Waals surface area contributed by atoms with E-state index in [0.29, 0.717) is 29.4 Å². The summed E-state index contributed by atoms with van der Waals surface area (Å²) in [5, 5.41) is 7.37. The van der Waals surface area contributed by atoms with E-state index in [-0.39, 0.29) is 17.8 Å². The number of carbonyl (C=O) groups excluding carboxylic acids is 1. The van der Waals surface area contributed by atoms with Crippen molar-refractivity contribution < 1.29 is 13.7 Å². The molecule has 3 aromatic rings. The average Bonchev–Trinajstić information content (AvgIpc) is 3.31. The fourth-order valence-electron chi connectivity index (χ4n) is 3.44. The second-order valence-electron chi connectivity index (χ2n) is 7.05. The number of nitrogens with one attached hydrogen (secondary N) is 1. The summed E-state index contributed by atoms with van der Waals surface area (Å²) in [6, 6.07) is 10.5. The highest BCUT2D eigenvalue weighted by Crippen LogP contribution is 2.32. The van der Waals surface area contributed by atoms with Crippen molar-refractivity contribution in [3.63, 3.8) is 0 Å². The van der Waals surface area contributed by atoms with E-state index in [4.69, 9.17) is 4.52 Å². The molecule has 1 atom stereocenters. The molecule has 0 aliphatic carbocycles. The third kappa shape index (κ3) is 3.35. The third-order valence-electron chi connectivity index (χ3n) is 4.97. The molecule has 1 aliphatic heterocycles. The van der Waals surface area contributed by atoms with E-state index in [0.717, 1.165) is 23.4 Å². The predicted octanol–water partition coefficient (Wildman–Crippen LogP) is 4.27. The summed E-state index contributed by atoms with van der Waals surface area (Å²) >= 11 is 0. The maximum Gasteiger partial charge on any atom is 0.249 e. The van der Waals surface area contributed by atoms with Crippen molar-refractivity contribution in [2.24, 2.45) is 0 Å². The average molecular weight is 380 g/mol. The lowest BCUT2D eigenvalue weighted by molar-refractivity contribution is -0.116. The van der Waals surface area contributed by atoms with Gasteiger partial charge in [-0.15, -0.1) is 0 Å². The summed E-state index contributed by atoms with van der Waals surface area (Å²) in [6.07, 6.45) is 0.841. The lowest BCUT2D eigenvalue weighted by atomic mass is 10.1. The van der Waals surface area contributed by atoms with Gasteiger partial charge in [0, 0.05) is 30.4 Å². The van der Waals surface area contributed by atoms with Crippen LogP contribution in [0.4, 0.5) is 15.8 Å². The number of hydrogen-bond donors (Lipinski definition) is 1. The molecule has 0 saturated carbocycles. The van der Waals surface area contributed by atoms with Gasteiger partial charge in [0.15, 0.2) is 0 Å². The molecule has 2 heterocycles. The second-order valence-corrected chi connectivity index (χ2v) is 7.05. The van der Waals surface area contributed by atoms with Crippen LogP contribution >= 0.6 is 0 Å². The number of aryl methyl sites for hydroxylation is 1. The van der Waals surface area contributed by atoms with Gasteiger partial charge in [-0.2, -0.15) is 4.98 Å². The Kier molecular flexibility index (Phi) is 4.58. The standard InChI is InChI=1S/C21H21FN4O2/c1-12-10-16(4-6-18(12)22)20-24-21(28-25-20)13(2)23-17-5-7-19-15(11-17)8-9-26(19)14(3)27/h4-7,10-11,13,23H,8-9H2,1-3H3/t13-/m0/s1. The van der Waals surface area contributed by atoms with Gasteiger partial charge in [-0.1, -0.05) is 5.16 Å². The second kappa shape index (κ2) is 7.07. The van der Waals surface area contributed by atoms with Crippen LogP contribution in [-0.2, 0) is 11.2 Å². The van der Waals surface area contributed by atoms with Gasteiger partial charge in [0.2, 0.25) is 17.6 Å². The number of anilines is 2. The fraction of sp³-hybridized carbons (Fsp3) is 0.286. The van der Waals surface area contributed by atoms with Crippen LogP contribution in [0.2, 0.25) is 0 Å². The largest absolute Gasteiger partial charge is 0.374 e. The summed E-state index contributed by atoms with van der Waals surface area (Å²) in [6.45, 7) is 5.93. The summed E-state index contributed by atoms with van der Waals surface area (Å²) in [5.41, 5.74) is 4.28. The van der Waals surface area contributed by atoms with Gasteiger partial charge in [-0.3, -0.25) is 4.79 Å².